The van der Waals surface area contributed by atoms with Gasteiger partial charge < -0.3 is 5.73 Å². The van der Waals surface area contributed by atoms with Gasteiger partial charge in [0.2, 0.25) is 0 Å². The number of hydrogen-bond donors (Lipinski definition) is 1. The summed E-state index contributed by atoms with van der Waals surface area (Å²) in [5.41, 5.74) is 5.90. The van der Waals surface area contributed by atoms with Crippen LogP contribution in [0.2, 0.25) is 4.34 Å². The molecule has 0 bridgehead atoms. The molecule has 2 rings (SSSR count). The van der Waals surface area contributed by atoms with Crippen molar-refractivity contribution in [1.29, 1.82) is 0 Å². The second-order valence-corrected chi connectivity index (χ2v) is 5.93. The van der Waals surface area contributed by atoms with Crippen LogP contribution >= 0.6 is 22.9 Å². The van der Waals surface area contributed by atoms with Crippen LogP contribution in [0.5, 0.6) is 0 Å². The van der Waals surface area contributed by atoms with Crippen LogP contribution in [0.3, 0.4) is 0 Å². The lowest BCUT2D eigenvalue weighted by Gasteiger charge is -2.07. The quantitative estimate of drug-likeness (QED) is 0.864. The van der Waals surface area contributed by atoms with Gasteiger partial charge in [-0.05, 0) is 30.9 Å². The summed E-state index contributed by atoms with van der Waals surface area (Å²) in [6.45, 7) is 0. The number of carbonyl (C=O) groups is 1. The molecule has 15 heavy (non-hydrogen) atoms. The van der Waals surface area contributed by atoms with Gasteiger partial charge >= 0.3 is 0 Å². The molecule has 0 aromatic carbocycles. The molecule has 1 aromatic rings. The first-order chi connectivity index (χ1) is 7.15. The van der Waals surface area contributed by atoms with Crippen molar-refractivity contribution in [3.05, 3.63) is 21.3 Å². The van der Waals surface area contributed by atoms with E-state index < -0.39 is 0 Å². The maximum atomic E-state index is 11.6. The first kappa shape index (κ1) is 11.1. The number of Topliss-reactive ketones (excluding diaryl/α,β-unsaturated/α-hetero) is 1. The molecule has 0 aliphatic heterocycles. The molecule has 0 spiro atoms. The molecule has 1 heterocycles. The topological polar surface area (TPSA) is 43.1 Å². The molecule has 2 N–H and O–H groups in total. The summed E-state index contributed by atoms with van der Waals surface area (Å²) < 4.78 is 0.740. The SMILES string of the molecule is NC(CC(=O)Cc1ccc(Cl)s1)C1CC1. The number of hydrogen-bond acceptors (Lipinski definition) is 3. The molecule has 1 saturated carbocycles. The molecule has 4 heteroatoms. The third-order valence-corrected chi connectivity index (χ3v) is 3.92. The van der Waals surface area contributed by atoms with Crippen LogP contribution in [-0.4, -0.2) is 11.8 Å². The van der Waals surface area contributed by atoms with E-state index in [1.54, 1.807) is 0 Å². The molecule has 82 valence electrons. The van der Waals surface area contributed by atoms with Gasteiger partial charge in [-0.2, -0.15) is 0 Å². The zero-order chi connectivity index (χ0) is 10.8. The van der Waals surface area contributed by atoms with Crippen molar-refractivity contribution in [3.63, 3.8) is 0 Å². The highest BCUT2D eigenvalue weighted by Gasteiger charge is 2.29. The highest BCUT2D eigenvalue weighted by molar-refractivity contribution is 7.16. The summed E-state index contributed by atoms with van der Waals surface area (Å²) in [5.74, 6) is 0.828. The standard InChI is InChI=1S/C11H14ClNOS/c12-11-4-3-9(15-11)5-8(14)6-10(13)7-1-2-7/h3-4,7,10H,1-2,5-6,13H2. The Morgan fingerprint density at radius 2 is 2.33 bits per heavy atom. The zero-order valence-electron chi connectivity index (χ0n) is 8.41. The van der Waals surface area contributed by atoms with Gasteiger partial charge in [0.05, 0.1) is 4.34 Å². The molecule has 0 saturated heterocycles. The lowest BCUT2D eigenvalue weighted by Crippen LogP contribution is -2.26. The first-order valence-electron chi connectivity index (χ1n) is 5.16. The number of nitrogens with two attached hydrogens (primary N) is 1. The third-order valence-electron chi connectivity index (χ3n) is 2.69. The van der Waals surface area contributed by atoms with E-state index in [1.807, 2.05) is 12.1 Å². The van der Waals surface area contributed by atoms with E-state index in [0.717, 1.165) is 9.21 Å². The molecule has 1 aliphatic carbocycles. The van der Waals surface area contributed by atoms with Crippen molar-refractivity contribution in [2.24, 2.45) is 11.7 Å². The highest BCUT2D eigenvalue weighted by Crippen LogP contribution is 2.33. The van der Waals surface area contributed by atoms with Crippen LogP contribution in [0, 0.1) is 5.92 Å². The highest BCUT2D eigenvalue weighted by atomic mass is 35.5. The minimum Gasteiger partial charge on any atom is -0.327 e. The van der Waals surface area contributed by atoms with E-state index in [4.69, 9.17) is 17.3 Å². The van der Waals surface area contributed by atoms with Crippen molar-refractivity contribution >= 4 is 28.7 Å². The average Bonchev–Trinajstić information content (AvgIpc) is 2.92. The van der Waals surface area contributed by atoms with Crippen LogP contribution in [0.25, 0.3) is 0 Å². The van der Waals surface area contributed by atoms with Crippen LogP contribution in [0.4, 0.5) is 0 Å². The zero-order valence-corrected chi connectivity index (χ0v) is 9.98. The van der Waals surface area contributed by atoms with Gasteiger partial charge in [0.15, 0.2) is 0 Å². The predicted octanol–water partition coefficient (Wildman–Crippen LogP) is 2.64. The number of thiophene rings is 1. The fourth-order valence-corrected chi connectivity index (χ4v) is 2.78. The fraction of sp³-hybridized carbons (Fsp3) is 0.545. The Bertz CT molecular complexity index is 359. The molecule has 1 fully saturated rings. The lowest BCUT2D eigenvalue weighted by atomic mass is 10.0. The number of rotatable bonds is 5. The third kappa shape index (κ3) is 3.30. The normalized spacial score (nSPS) is 17.7. The molecule has 2 nitrogen and oxygen atoms in total. The Labute approximate surface area is 98.4 Å². The van der Waals surface area contributed by atoms with Crippen molar-refractivity contribution in [3.8, 4) is 0 Å². The molecule has 0 radical (unpaired) electrons. The van der Waals surface area contributed by atoms with Gasteiger partial charge in [-0.1, -0.05) is 11.6 Å². The maximum absolute atomic E-state index is 11.6. The molecular formula is C11H14ClNOS. The van der Waals surface area contributed by atoms with Crippen LogP contribution in [0.15, 0.2) is 12.1 Å². The van der Waals surface area contributed by atoms with Crippen LogP contribution in [0.1, 0.15) is 24.1 Å². The lowest BCUT2D eigenvalue weighted by molar-refractivity contribution is -0.118. The smallest absolute Gasteiger partial charge is 0.139 e. The summed E-state index contributed by atoms with van der Waals surface area (Å²) in [6.07, 6.45) is 3.39. The van der Waals surface area contributed by atoms with Gasteiger partial charge in [0.25, 0.3) is 0 Å². The minimum absolute atomic E-state index is 0.0768. The summed E-state index contributed by atoms with van der Waals surface area (Å²) in [6, 6.07) is 3.82. The molecule has 1 atom stereocenters. The van der Waals surface area contributed by atoms with Gasteiger partial charge in [0, 0.05) is 23.8 Å². The summed E-state index contributed by atoms with van der Waals surface area (Å²) >= 11 is 7.26. The maximum Gasteiger partial charge on any atom is 0.139 e. The molecule has 1 aliphatic rings. The van der Waals surface area contributed by atoms with Crippen molar-refractivity contribution in [2.75, 3.05) is 0 Å². The largest absolute Gasteiger partial charge is 0.327 e. The van der Waals surface area contributed by atoms with Gasteiger partial charge in [-0.15, -0.1) is 11.3 Å². The molecule has 0 amide bonds. The molecule has 1 unspecified atom stereocenters. The van der Waals surface area contributed by atoms with Gasteiger partial charge in [-0.25, -0.2) is 0 Å². The Morgan fingerprint density at radius 3 is 2.87 bits per heavy atom. The number of halogens is 1. The van der Waals surface area contributed by atoms with E-state index in [0.29, 0.717) is 18.8 Å². The van der Waals surface area contributed by atoms with E-state index in [9.17, 15) is 4.79 Å². The first-order valence-corrected chi connectivity index (χ1v) is 6.36. The molecular weight excluding hydrogens is 230 g/mol. The van der Waals surface area contributed by atoms with Crippen LogP contribution < -0.4 is 5.73 Å². The second kappa shape index (κ2) is 4.64. The van der Waals surface area contributed by atoms with E-state index in [-0.39, 0.29) is 11.8 Å². The number of carbonyl (C=O) groups excluding carboxylic acids is 1. The van der Waals surface area contributed by atoms with E-state index in [2.05, 4.69) is 0 Å². The number of ketones is 1. The van der Waals surface area contributed by atoms with Gasteiger partial charge in [-0.3, -0.25) is 4.79 Å². The Hall–Kier alpha value is -0.380. The second-order valence-electron chi connectivity index (χ2n) is 4.13. The van der Waals surface area contributed by atoms with E-state index in [1.165, 1.54) is 24.2 Å². The Balaban J connectivity index is 1.81. The summed E-state index contributed by atoms with van der Waals surface area (Å²) in [5, 5.41) is 0. The molecule has 1 aromatic heterocycles. The summed E-state index contributed by atoms with van der Waals surface area (Å²) in [4.78, 5) is 12.7. The Morgan fingerprint density at radius 1 is 1.60 bits per heavy atom. The monoisotopic (exact) mass is 243 g/mol. The summed E-state index contributed by atoms with van der Waals surface area (Å²) in [7, 11) is 0. The van der Waals surface area contributed by atoms with Gasteiger partial charge in [0.1, 0.15) is 5.78 Å². The minimum atomic E-state index is 0.0768. The van der Waals surface area contributed by atoms with Crippen molar-refractivity contribution < 1.29 is 4.79 Å². The predicted molar refractivity (Wildman–Crippen MR) is 63.4 cm³/mol. The Kier molecular flexibility index (Phi) is 3.44. The van der Waals surface area contributed by atoms with Crippen LogP contribution in [-0.2, 0) is 11.2 Å². The van der Waals surface area contributed by atoms with Crippen molar-refractivity contribution in [1.82, 2.24) is 0 Å². The fourth-order valence-electron chi connectivity index (χ4n) is 1.67. The van der Waals surface area contributed by atoms with Crippen molar-refractivity contribution in [2.45, 2.75) is 31.7 Å². The average molecular weight is 244 g/mol. The van der Waals surface area contributed by atoms with E-state index >= 15 is 0 Å².